The van der Waals surface area contributed by atoms with Crippen molar-refractivity contribution in [3.8, 4) is 0 Å². The third kappa shape index (κ3) is 6.40. The van der Waals surface area contributed by atoms with Gasteiger partial charge in [0, 0.05) is 12.6 Å². The first-order chi connectivity index (χ1) is 12.9. The fourth-order valence-corrected chi connectivity index (χ4v) is 4.34. The van der Waals surface area contributed by atoms with Gasteiger partial charge >= 0.3 is 12.0 Å². The molecule has 2 fully saturated rings. The molecule has 3 amide bonds. The summed E-state index contributed by atoms with van der Waals surface area (Å²) in [7, 11) is 0. The molecule has 0 bridgehead atoms. The largest absolute Gasteiger partial charge is 0.480 e. The molecule has 1 heterocycles. The highest BCUT2D eigenvalue weighted by Gasteiger charge is 2.34. The van der Waals surface area contributed by atoms with Crippen molar-refractivity contribution >= 4 is 17.9 Å². The van der Waals surface area contributed by atoms with E-state index in [1.54, 1.807) is 0 Å². The van der Waals surface area contributed by atoms with Crippen molar-refractivity contribution in [3.05, 3.63) is 0 Å². The average molecular weight is 382 g/mol. The summed E-state index contributed by atoms with van der Waals surface area (Å²) < 4.78 is 0. The zero-order valence-electron chi connectivity index (χ0n) is 16.7. The normalized spacial score (nSPS) is 22.9. The zero-order chi connectivity index (χ0) is 19.8. The molecule has 7 nitrogen and oxygen atoms in total. The van der Waals surface area contributed by atoms with Gasteiger partial charge in [-0.05, 0) is 38.5 Å². The minimum absolute atomic E-state index is 0.0249. The van der Waals surface area contributed by atoms with Gasteiger partial charge < -0.3 is 20.6 Å². The van der Waals surface area contributed by atoms with Gasteiger partial charge in [-0.25, -0.2) is 9.59 Å². The molecule has 0 spiro atoms. The fraction of sp³-hybridized carbons (Fsp3) is 0.850. The van der Waals surface area contributed by atoms with Crippen molar-refractivity contribution in [3.63, 3.8) is 0 Å². The van der Waals surface area contributed by atoms with Crippen LogP contribution < -0.4 is 10.6 Å². The Balaban J connectivity index is 2.02. The van der Waals surface area contributed by atoms with Gasteiger partial charge in [0.2, 0.25) is 5.91 Å². The Bertz CT molecular complexity index is 519. The molecular weight excluding hydrogens is 346 g/mol. The Morgan fingerprint density at radius 3 is 2.26 bits per heavy atom. The predicted octanol–water partition coefficient (Wildman–Crippen LogP) is 2.89. The molecule has 1 saturated heterocycles. The van der Waals surface area contributed by atoms with Gasteiger partial charge in [0.15, 0.2) is 0 Å². The van der Waals surface area contributed by atoms with Crippen LogP contribution in [0.15, 0.2) is 0 Å². The van der Waals surface area contributed by atoms with Crippen molar-refractivity contribution in [2.24, 2.45) is 5.92 Å². The number of likely N-dealkylation sites (tertiary alicyclic amines) is 1. The molecule has 1 unspecified atom stereocenters. The van der Waals surface area contributed by atoms with E-state index in [9.17, 15) is 19.5 Å². The van der Waals surface area contributed by atoms with E-state index in [2.05, 4.69) is 10.6 Å². The predicted molar refractivity (Wildman–Crippen MR) is 103 cm³/mol. The quantitative estimate of drug-likeness (QED) is 0.602. The molecule has 3 atom stereocenters. The first kappa shape index (κ1) is 21.5. The summed E-state index contributed by atoms with van der Waals surface area (Å²) in [6.45, 7) is 4.65. The second-order valence-corrected chi connectivity index (χ2v) is 8.11. The molecule has 2 rings (SSSR count). The standard InChI is InChI=1S/C20H35N3O4/c1-3-8-16(19(25)26)21-20(27)22-17(13-15-10-5-4-6-11-15)18(24)23-12-7-9-14(23)2/h14-17H,3-13H2,1-2H3,(H,25,26)(H2,21,22,27)/t14?,16-,17+/m0/s1. The van der Waals surface area contributed by atoms with Crippen molar-refractivity contribution in [1.82, 2.24) is 15.5 Å². The van der Waals surface area contributed by atoms with E-state index in [4.69, 9.17) is 0 Å². The molecule has 3 N–H and O–H groups in total. The van der Waals surface area contributed by atoms with Crippen molar-refractivity contribution in [2.45, 2.75) is 96.2 Å². The molecule has 154 valence electrons. The van der Waals surface area contributed by atoms with Crippen LogP contribution in [0.25, 0.3) is 0 Å². The number of urea groups is 1. The minimum atomic E-state index is -1.05. The van der Waals surface area contributed by atoms with Crippen LogP contribution in [0, 0.1) is 5.92 Å². The Hall–Kier alpha value is -1.79. The summed E-state index contributed by atoms with van der Waals surface area (Å²) >= 11 is 0. The second-order valence-electron chi connectivity index (χ2n) is 8.11. The monoisotopic (exact) mass is 381 g/mol. The van der Waals surface area contributed by atoms with Crippen LogP contribution in [0.3, 0.4) is 0 Å². The van der Waals surface area contributed by atoms with Crippen LogP contribution in [-0.2, 0) is 9.59 Å². The molecule has 1 aliphatic heterocycles. The minimum Gasteiger partial charge on any atom is -0.480 e. The Morgan fingerprint density at radius 1 is 1.04 bits per heavy atom. The lowest BCUT2D eigenvalue weighted by Gasteiger charge is -2.31. The molecule has 27 heavy (non-hydrogen) atoms. The lowest BCUT2D eigenvalue weighted by molar-refractivity contribution is -0.139. The number of aliphatic carboxylic acids is 1. The highest BCUT2D eigenvalue weighted by Crippen LogP contribution is 2.28. The van der Waals surface area contributed by atoms with E-state index < -0.39 is 24.1 Å². The average Bonchev–Trinajstić information content (AvgIpc) is 3.07. The van der Waals surface area contributed by atoms with Gasteiger partial charge in [-0.3, -0.25) is 4.79 Å². The summed E-state index contributed by atoms with van der Waals surface area (Å²) in [4.78, 5) is 38.7. The van der Waals surface area contributed by atoms with Gasteiger partial charge in [-0.1, -0.05) is 45.4 Å². The van der Waals surface area contributed by atoms with E-state index >= 15 is 0 Å². The molecule has 0 aromatic heterocycles. The fourth-order valence-electron chi connectivity index (χ4n) is 4.34. The highest BCUT2D eigenvalue weighted by molar-refractivity contribution is 5.89. The number of hydrogen-bond acceptors (Lipinski definition) is 3. The van der Waals surface area contributed by atoms with Gasteiger partial charge in [0.05, 0.1) is 0 Å². The zero-order valence-corrected chi connectivity index (χ0v) is 16.7. The van der Waals surface area contributed by atoms with E-state index in [0.29, 0.717) is 25.2 Å². The number of amides is 3. The number of carboxylic acids is 1. The van der Waals surface area contributed by atoms with Crippen LogP contribution in [0.1, 0.15) is 78.1 Å². The maximum absolute atomic E-state index is 13.1. The van der Waals surface area contributed by atoms with Crippen LogP contribution in [-0.4, -0.2) is 52.6 Å². The van der Waals surface area contributed by atoms with Gasteiger partial charge in [0.25, 0.3) is 0 Å². The Kier molecular flexibility index (Phi) is 8.38. The highest BCUT2D eigenvalue weighted by atomic mass is 16.4. The van der Waals surface area contributed by atoms with E-state index in [0.717, 1.165) is 32.2 Å². The van der Waals surface area contributed by atoms with Crippen molar-refractivity contribution in [1.29, 1.82) is 0 Å². The first-order valence-corrected chi connectivity index (χ1v) is 10.5. The molecule has 0 aromatic carbocycles. The number of hydrogen-bond donors (Lipinski definition) is 3. The van der Waals surface area contributed by atoms with E-state index in [1.807, 2.05) is 18.7 Å². The SMILES string of the molecule is CCC[C@H](NC(=O)N[C@H](CC1CCCCC1)C(=O)N1CCCC1C)C(=O)O. The second kappa shape index (κ2) is 10.5. The maximum Gasteiger partial charge on any atom is 0.326 e. The van der Waals surface area contributed by atoms with Crippen molar-refractivity contribution < 1.29 is 19.5 Å². The summed E-state index contributed by atoms with van der Waals surface area (Å²) in [6, 6.07) is -1.86. The molecule has 0 aromatic rings. The Morgan fingerprint density at radius 2 is 1.70 bits per heavy atom. The number of nitrogens with zero attached hydrogens (tertiary/aromatic N) is 1. The number of carboxylic acid groups (broad SMARTS) is 1. The van der Waals surface area contributed by atoms with Gasteiger partial charge in [-0.15, -0.1) is 0 Å². The van der Waals surface area contributed by atoms with Crippen molar-refractivity contribution in [2.75, 3.05) is 6.54 Å². The Labute approximate surface area is 162 Å². The number of carbonyl (C=O) groups excluding carboxylic acids is 2. The third-order valence-corrected chi connectivity index (χ3v) is 5.91. The molecular formula is C20H35N3O4. The smallest absolute Gasteiger partial charge is 0.326 e. The summed E-state index contributed by atoms with van der Waals surface area (Å²) in [6.07, 6.45) is 9.43. The van der Waals surface area contributed by atoms with E-state index in [1.165, 1.54) is 19.3 Å². The van der Waals surface area contributed by atoms with E-state index in [-0.39, 0.29) is 11.9 Å². The summed E-state index contributed by atoms with van der Waals surface area (Å²) in [5.74, 6) is -0.629. The van der Waals surface area contributed by atoms with Crippen LogP contribution in [0.5, 0.6) is 0 Å². The number of carbonyl (C=O) groups is 3. The third-order valence-electron chi connectivity index (χ3n) is 5.91. The lowest BCUT2D eigenvalue weighted by atomic mass is 9.84. The summed E-state index contributed by atoms with van der Waals surface area (Å²) in [5.41, 5.74) is 0. The number of nitrogens with one attached hydrogen (secondary N) is 2. The summed E-state index contributed by atoms with van der Waals surface area (Å²) in [5, 5.41) is 14.6. The lowest BCUT2D eigenvalue weighted by Crippen LogP contribution is -2.55. The van der Waals surface area contributed by atoms with Gasteiger partial charge in [0.1, 0.15) is 12.1 Å². The maximum atomic E-state index is 13.1. The molecule has 2 aliphatic rings. The van der Waals surface area contributed by atoms with Crippen LogP contribution >= 0.6 is 0 Å². The van der Waals surface area contributed by atoms with Crippen LogP contribution in [0.4, 0.5) is 4.79 Å². The first-order valence-electron chi connectivity index (χ1n) is 10.5. The molecule has 0 radical (unpaired) electrons. The molecule has 1 aliphatic carbocycles. The molecule has 1 saturated carbocycles. The molecule has 7 heteroatoms. The topological polar surface area (TPSA) is 98.7 Å². The van der Waals surface area contributed by atoms with Gasteiger partial charge in [-0.2, -0.15) is 0 Å². The number of rotatable bonds is 8. The van der Waals surface area contributed by atoms with Crippen LogP contribution in [0.2, 0.25) is 0 Å².